The normalized spacial score (nSPS) is 15.4. The smallest absolute Gasteiger partial charge is 0.220 e. The van der Waals surface area contributed by atoms with Crippen molar-refractivity contribution in [2.24, 2.45) is 0 Å². The van der Waals surface area contributed by atoms with Crippen LogP contribution in [0.5, 0.6) is 0 Å². The maximum atomic E-state index is 12.4. The first-order chi connectivity index (χ1) is 12.5. The molecule has 1 aliphatic rings. The Morgan fingerprint density at radius 3 is 2.92 bits per heavy atom. The van der Waals surface area contributed by atoms with Crippen LogP contribution in [0.2, 0.25) is 0 Å². The van der Waals surface area contributed by atoms with Crippen LogP contribution in [0.3, 0.4) is 0 Å². The second-order valence-electron chi connectivity index (χ2n) is 7.07. The highest BCUT2D eigenvalue weighted by molar-refractivity contribution is 5.76. The molecule has 26 heavy (non-hydrogen) atoms. The van der Waals surface area contributed by atoms with Crippen molar-refractivity contribution < 1.29 is 4.79 Å². The lowest BCUT2D eigenvalue weighted by Crippen LogP contribution is -2.27. The molecule has 0 bridgehead atoms. The van der Waals surface area contributed by atoms with E-state index in [9.17, 15) is 4.79 Å². The van der Waals surface area contributed by atoms with E-state index in [1.54, 1.807) is 0 Å². The van der Waals surface area contributed by atoms with Gasteiger partial charge in [-0.1, -0.05) is 0 Å². The summed E-state index contributed by atoms with van der Waals surface area (Å²) in [5.41, 5.74) is 5.45. The van der Waals surface area contributed by atoms with E-state index in [0.29, 0.717) is 12.8 Å². The second-order valence-corrected chi connectivity index (χ2v) is 7.07. The van der Waals surface area contributed by atoms with E-state index < -0.39 is 0 Å². The SMILES string of the molecule is CCn1nc(C)c([C@@H](C)NC(=O)CCc2cc3n(n2)CCCNC3)c1C. The highest BCUT2D eigenvalue weighted by Crippen LogP contribution is 2.21. The third-order valence-corrected chi connectivity index (χ3v) is 5.10. The maximum absolute atomic E-state index is 12.4. The van der Waals surface area contributed by atoms with Gasteiger partial charge in [0.05, 0.1) is 23.1 Å². The summed E-state index contributed by atoms with van der Waals surface area (Å²) in [6, 6.07) is 2.08. The van der Waals surface area contributed by atoms with Gasteiger partial charge in [-0.05, 0) is 46.7 Å². The third kappa shape index (κ3) is 3.98. The van der Waals surface area contributed by atoms with Crippen LogP contribution in [0.1, 0.15) is 61.1 Å². The van der Waals surface area contributed by atoms with Crippen LogP contribution in [0, 0.1) is 13.8 Å². The summed E-state index contributed by atoms with van der Waals surface area (Å²) in [7, 11) is 0. The second kappa shape index (κ2) is 8.03. The van der Waals surface area contributed by atoms with Crippen molar-refractivity contribution in [3.05, 3.63) is 34.4 Å². The minimum absolute atomic E-state index is 0.0364. The molecule has 142 valence electrons. The van der Waals surface area contributed by atoms with Gasteiger partial charge < -0.3 is 10.6 Å². The first kappa shape index (κ1) is 18.6. The van der Waals surface area contributed by atoms with Crippen LogP contribution in [-0.2, 0) is 30.8 Å². The Morgan fingerprint density at radius 2 is 2.19 bits per heavy atom. The zero-order valence-electron chi connectivity index (χ0n) is 16.3. The van der Waals surface area contributed by atoms with Crippen LogP contribution in [-0.4, -0.2) is 32.0 Å². The molecule has 0 unspecified atom stereocenters. The molecular weight excluding hydrogens is 328 g/mol. The zero-order chi connectivity index (χ0) is 18.7. The lowest BCUT2D eigenvalue weighted by molar-refractivity contribution is -0.121. The minimum atomic E-state index is -0.0364. The highest BCUT2D eigenvalue weighted by Gasteiger charge is 2.19. The van der Waals surface area contributed by atoms with Gasteiger partial charge >= 0.3 is 0 Å². The number of hydrogen-bond acceptors (Lipinski definition) is 4. The van der Waals surface area contributed by atoms with Gasteiger partial charge in [-0.25, -0.2) is 0 Å². The predicted octanol–water partition coefficient (Wildman–Crippen LogP) is 2.02. The van der Waals surface area contributed by atoms with Crippen molar-refractivity contribution in [1.29, 1.82) is 0 Å². The average Bonchev–Trinajstić information content (AvgIpc) is 3.04. The van der Waals surface area contributed by atoms with Gasteiger partial charge in [-0.15, -0.1) is 0 Å². The topological polar surface area (TPSA) is 76.8 Å². The lowest BCUT2D eigenvalue weighted by atomic mass is 10.1. The molecule has 2 aromatic rings. The average molecular weight is 358 g/mol. The van der Waals surface area contributed by atoms with E-state index in [4.69, 9.17) is 0 Å². The van der Waals surface area contributed by atoms with Crippen molar-refractivity contribution in [1.82, 2.24) is 30.2 Å². The van der Waals surface area contributed by atoms with E-state index in [0.717, 1.165) is 55.2 Å². The largest absolute Gasteiger partial charge is 0.349 e. The van der Waals surface area contributed by atoms with Gasteiger partial charge in [0.1, 0.15) is 0 Å². The van der Waals surface area contributed by atoms with Crippen molar-refractivity contribution in [2.75, 3.05) is 6.54 Å². The number of nitrogens with zero attached hydrogens (tertiary/aromatic N) is 4. The molecule has 3 rings (SSSR count). The number of rotatable bonds is 6. The van der Waals surface area contributed by atoms with Gasteiger partial charge in [0.2, 0.25) is 5.91 Å². The molecule has 0 aliphatic carbocycles. The molecular formula is C19H30N6O. The van der Waals surface area contributed by atoms with Gasteiger partial charge in [0.15, 0.2) is 0 Å². The van der Waals surface area contributed by atoms with E-state index in [2.05, 4.69) is 45.4 Å². The van der Waals surface area contributed by atoms with Gasteiger partial charge in [0.25, 0.3) is 0 Å². The molecule has 1 atom stereocenters. The summed E-state index contributed by atoms with van der Waals surface area (Å²) >= 11 is 0. The van der Waals surface area contributed by atoms with Crippen LogP contribution < -0.4 is 10.6 Å². The molecule has 0 radical (unpaired) electrons. The molecule has 0 spiro atoms. The Labute approximate surface area is 155 Å². The van der Waals surface area contributed by atoms with Crippen molar-refractivity contribution >= 4 is 5.91 Å². The van der Waals surface area contributed by atoms with Crippen LogP contribution in [0.15, 0.2) is 6.07 Å². The third-order valence-electron chi connectivity index (χ3n) is 5.10. The molecule has 3 heterocycles. The van der Waals surface area contributed by atoms with Gasteiger partial charge in [0, 0.05) is 43.7 Å². The highest BCUT2D eigenvalue weighted by atomic mass is 16.1. The molecule has 0 saturated carbocycles. The first-order valence-corrected chi connectivity index (χ1v) is 9.59. The molecule has 1 aliphatic heterocycles. The minimum Gasteiger partial charge on any atom is -0.349 e. The fourth-order valence-corrected chi connectivity index (χ4v) is 3.82. The fraction of sp³-hybridized carbons (Fsp3) is 0.632. The number of hydrogen-bond donors (Lipinski definition) is 2. The Hall–Kier alpha value is -2.15. The maximum Gasteiger partial charge on any atom is 0.220 e. The van der Waals surface area contributed by atoms with Crippen molar-refractivity contribution in [3.8, 4) is 0 Å². The molecule has 0 fully saturated rings. The summed E-state index contributed by atoms with van der Waals surface area (Å²) in [6.45, 7) is 11.9. The van der Waals surface area contributed by atoms with Gasteiger partial charge in [-0.3, -0.25) is 14.2 Å². The number of amides is 1. The van der Waals surface area contributed by atoms with E-state index in [-0.39, 0.29) is 11.9 Å². The summed E-state index contributed by atoms with van der Waals surface area (Å²) < 4.78 is 4.06. The van der Waals surface area contributed by atoms with E-state index >= 15 is 0 Å². The number of aryl methyl sites for hydroxylation is 4. The summed E-state index contributed by atoms with van der Waals surface area (Å²) in [5, 5.41) is 15.7. The lowest BCUT2D eigenvalue weighted by Gasteiger charge is -2.15. The molecule has 7 heteroatoms. The Morgan fingerprint density at radius 1 is 1.38 bits per heavy atom. The Bertz CT molecular complexity index is 752. The summed E-state index contributed by atoms with van der Waals surface area (Å²) in [6.07, 6.45) is 2.22. The Kier molecular flexibility index (Phi) is 5.76. The van der Waals surface area contributed by atoms with E-state index in [1.807, 2.05) is 18.5 Å². The molecule has 2 aromatic heterocycles. The monoisotopic (exact) mass is 358 g/mol. The number of aromatic nitrogens is 4. The van der Waals surface area contributed by atoms with Crippen LogP contribution >= 0.6 is 0 Å². The zero-order valence-corrected chi connectivity index (χ0v) is 16.3. The van der Waals surface area contributed by atoms with E-state index in [1.165, 1.54) is 5.69 Å². The molecule has 0 aromatic carbocycles. The predicted molar refractivity (Wildman–Crippen MR) is 101 cm³/mol. The number of carbonyl (C=O) groups excluding carboxylic acids is 1. The number of nitrogens with one attached hydrogen (secondary N) is 2. The summed E-state index contributed by atoms with van der Waals surface area (Å²) in [5.74, 6) is 0.0573. The molecule has 1 amide bonds. The fourth-order valence-electron chi connectivity index (χ4n) is 3.82. The quantitative estimate of drug-likeness (QED) is 0.828. The van der Waals surface area contributed by atoms with Crippen molar-refractivity contribution in [2.45, 2.75) is 72.6 Å². The molecule has 2 N–H and O–H groups in total. The molecule has 7 nitrogen and oxygen atoms in total. The first-order valence-electron chi connectivity index (χ1n) is 9.59. The number of fused-ring (bicyclic) bond motifs is 1. The Balaban J connectivity index is 1.57. The molecule has 0 saturated heterocycles. The number of carbonyl (C=O) groups is 1. The van der Waals surface area contributed by atoms with Gasteiger partial charge in [-0.2, -0.15) is 10.2 Å². The van der Waals surface area contributed by atoms with Crippen LogP contribution in [0.4, 0.5) is 0 Å². The standard InChI is InChI=1S/C19H30N6O/c1-5-24-15(4)19(14(3)22-24)13(2)21-18(26)8-7-16-11-17-12-20-9-6-10-25(17)23-16/h11,13,20H,5-10,12H2,1-4H3,(H,21,26)/t13-/m1/s1. The van der Waals surface area contributed by atoms with Crippen molar-refractivity contribution in [3.63, 3.8) is 0 Å². The van der Waals surface area contributed by atoms with Crippen LogP contribution in [0.25, 0.3) is 0 Å². The summed E-state index contributed by atoms with van der Waals surface area (Å²) in [4.78, 5) is 12.4.